The maximum Gasteiger partial charge on any atom is 0.416 e. The Kier molecular flexibility index (Phi) is 5.16. The summed E-state index contributed by atoms with van der Waals surface area (Å²) in [4.78, 5) is 1.25. The summed E-state index contributed by atoms with van der Waals surface area (Å²) < 4.78 is 81.6. The normalized spacial score (nSPS) is 14.6. The lowest BCUT2D eigenvalue weighted by Crippen LogP contribution is -2.34. The van der Waals surface area contributed by atoms with Crippen LogP contribution in [0.1, 0.15) is 47.2 Å². The average Bonchev–Trinajstić information content (AvgIpc) is 3.37. The van der Waals surface area contributed by atoms with Crippen molar-refractivity contribution in [3.8, 4) is 0 Å². The van der Waals surface area contributed by atoms with Crippen molar-refractivity contribution < 1.29 is 26.3 Å². The van der Waals surface area contributed by atoms with Gasteiger partial charge in [0.05, 0.1) is 5.56 Å². The molecule has 1 aliphatic carbocycles. The first-order valence-electron chi connectivity index (χ1n) is 8.53. The highest BCUT2D eigenvalue weighted by Crippen LogP contribution is 2.37. The number of rotatable bonds is 5. The highest BCUT2D eigenvalue weighted by molar-refractivity contribution is 5.98. The molecule has 1 aromatic carbocycles. The number of halogens is 6. The molecule has 0 aliphatic heterocycles. The van der Waals surface area contributed by atoms with E-state index in [1.54, 1.807) is 6.92 Å². The summed E-state index contributed by atoms with van der Waals surface area (Å²) >= 11 is 0. The summed E-state index contributed by atoms with van der Waals surface area (Å²) in [6.07, 6.45) is -6.55. The van der Waals surface area contributed by atoms with Gasteiger partial charge in [0.1, 0.15) is 17.1 Å². The molecule has 152 valence electrons. The second-order valence-corrected chi connectivity index (χ2v) is 6.84. The highest BCUT2D eigenvalue weighted by Gasteiger charge is 2.38. The summed E-state index contributed by atoms with van der Waals surface area (Å²) in [7, 11) is 1.13. The molecule has 1 aliphatic rings. The second kappa shape index (κ2) is 7.14. The van der Waals surface area contributed by atoms with Crippen LogP contribution in [0.15, 0.2) is 18.2 Å². The number of hydrogen-bond donors (Lipinski definition) is 1. The molecule has 0 amide bonds. The van der Waals surface area contributed by atoms with Crippen LogP contribution in [-0.4, -0.2) is 26.6 Å². The highest BCUT2D eigenvalue weighted by atomic mass is 19.4. The van der Waals surface area contributed by atoms with Gasteiger partial charge < -0.3 is 4.90 Å². The molecule has 10 heteroatoms. The fraction of sp³-hybridized carbons (Fsp3) is 0.444. The number of amidine groups is 1. The van der Waals surface area contributed by atoms with E-state index in [4.69, 9.17) is 5.41 Å². The van der Waals surface area contributed by atoms with Gasteiger partial charge in [-0.3, -0.25) is 5.41 Å². The maximum atomic E-state index is 14.4. The molecule has 3 rings (SSSR count). The van der Waals surface area contributed by atoms with Crippen LogP contribution in [-0.2, 0) is 19.8 Å². The lowest BCUT2D eigenvalue weighted by molar-refractivity contribution is -0.138. The summed E-state index contributed by atoms with van der Waals surface area (Å²) in [6.45, 7) is 1.29. The average molecular weight is 404 g/mol. The van der Waals surface area contributed by atoms with Gasteiger partial charge >= 0.3 is 6.18 Å². The third kappa shape index (κ3) is 3.85. The van der Waals surface area contributed by atoms with E-state index in [0.717, 1.165) is 13.1 Å². The molecule has 0 saturated heterocycles. The van der Waals surface area contributed by atoms with Gasteiger partial charge in [-0.1, -0.05) is 17.7 Å². The van der Waals surface area contributed by atoms with Crippen LogP contribution in [0.4, 0.5) is 26.3 Å². The lowest BCUT2D eigenvalue weighted by atomic mass is 10.0. The quantitative estimate of drug-likeness (QED) is 0.442. The minimum atomic E-state index is -4.60. The smallest absolute Gasteiger partial charge is 0.349 e. The molecule has 1 fully saturated rings. The van der Waals surface area contributed by atoms with Crippen LogP contribution in [0.5, 0.6) is 0 Å². The molecule has 0 unspecified atom stereocenters. The molecule has 1 N–H and O–H groups in total. The van der Waals surface area contributed by atoms with Crippen LogP contribution in [0.3, 0.4) is 0 Å². The monoisotopic (exact) mass is 404 g/mol. The number of benzene rings is 1. The van der Waals surface area contributed by atoms with Crippen molar-refractivity contribution in [2.75, 3.05) is 0 Å². The first-order chi connectivity index (χ1) is 13.0. The number of alkyl halides is 5. The van der Waals surface area contributed by atoms with E-state index < -0.39 is 41.2 Å². The Hall–Kier alpha value is -2.52. The zero-order valence-electron chi connectivity index (χ0n) is 15.1. The Balaban J connectivity index is 2.02. The van der Waals surface area contributed by atoms with Crippen LogP contribution < -0.4 is 0 Å². The van der Waals surface area contributed by atoms with Gasteiger partial charge in [-0.25, -0.2) is 13.5 Å². The second-order valence-electron chi connectivity index (χ2n) is 6.84. The van der Waals surface area contributed by atoms with Gasteiger partial charge in [-0.2, -0.15) is 22.7 Å². The zero-order chi connectivity index (χ0) is 20.8. The summed E-state index contributed by atoms with van der Waals surface area (Å²) in [5.74, 6) is -1.70. The third-order valence-electron chi connectivity index (χ3n) is 4.63. The van der Waals surface area contributed by atoms with Crippen molar-refractivity contribution >= 4 is 5.84 Å². The molecular weight excluding hydrogens is 386 g/mol. The number of aryl methyl sites for hydroxylation is 2. The predicted octanol–water partition coefficient (Wildman–Crippen LogP) is 4.81. The van der Waals surface area contributed by atoms with Crippen LogP contribution in [0.25, 0.3) is 0 Å². The Bertz CT molecular complexity index is 898. The first-order valence-corrected chi connectivity index (χ1v) is 8.53. The van der Waals surface area contributed by atoms with E-state index in [9.17, 15) is 26.3 Å². The SMILES string of the molecule is Cc1ccc(C(F)(F)F)c(CN(C(=N)c2c(C(F)F)nn(C)c2F)C2CC2)c1. The Morgan fingerprint density at radius 2 is 1.96 bits per heavy atom. The fourth-order valence-corrected chi connectivity index (χ4v) is 3.13. The Morgan fingerprint density at radius 3 is 2.50 bits per heavy atom. The molecule has 4 nitrogen and oxygen atoms in total. The van der Waals surface area contributed by atoms with Crippen molar-refractivity contribution in [3.05, 3.63) is 52.1 Å². The van der Waals surface area contributed by atoms with Gasteiger partial charge in [0, 0.05) is 19.6 Å². The molecule has 1 saturated carbocycles. The molecule has 0 bridgehead atoms. The van der Waals surface area contributed by atoms with E-state index in [-0.39, 0.29) is 18.2 Å². The van der Waals surface area contributed by atoms with Crippen LogP contribution >= 0.6 is 0 Å². The van der Waals surface area contributed by atoms with Gasteiger partial charge in [-0.05, 0) is 31.4 Å². The molecule has 0 radical (unpaired) electrons. The maximum absolute atomic E-state index is 14.4. The van der Waals surface area contributed by atoms with Gasteiger partial charge in [0.15, 0.2) is 0 Å². The minimum absolute atomic E-state index is 0.0907. The number of aromatic nitrogens is 2. The molecule has 1 heterocycles. The van der Waals surface area contributed by atoms with E-state index >= 15 is 0 Å². The standard InChI is InChI=1S/C18H18F6N4/c1-9-3-6-12(18(22,23)24)10(7-9)8-28(11-4-5-11)17(25)13-14(15(19)20)26-27(2)16(13)21/h3,6-7,11,15,25H,4-5,8H2,1-2H3. The topological polar surface area (TPSA) is 44.9 Å². The predicted molar refractivity (Wildman–Crippen MR) is 89.7 cm³/mol. The van der Waals surface area contributed by atoms with Crippen molar-refractivity contribution in [1.82, 2.24) is 14.7 Å². The van der Waals surface area contributed by atoms with Crippen molar-refractivity contribution in [2.45, 2.75) is 45.0 Å². The Morgan fingerprint density at radius 1 is 1.32 bits per heavy atom. The third-order valence-corrected chi connectivity index (χ3v) is 4.63. The van der Waals surface area contributed by atoms with Gasteiger partial charge in [0.25, 0.3) is 6.43 Å². The number of hydrogen-bond acceptors (Lipinski definition) is 2. The minimum Gasteiger partial charge on any atom is -0.349 e. The lowest BCUT2D eigenvalue weighted by Gasteiger charge is -2.27. The molecule has 0 atom stereocenters. The van der Waals surface area contributed by atoms with Crippen LogP contribution in [0, 0.1) is 18.3 Å². The van der Waals surface area contributed by atoms with E-state index in [1.165, 1.54) is 17.0 Å². The van der Waals surface area contributed by atoms with Gasteiger partial charge in [0.2, 0.25) is 5.95 Å². The number of nitrogens with zero attached hydrogens (tertiary/aromatic N) is 3. The molecular formula is C18H18F6N4. The summed E-state index contributed by atoms with van der Waals surface area (Å²) in [5, 5.41) is 11.7. The van der Waals surface area contributed by atoms with Gasteiger partial charge in [-0.15, -0.1) is 0 Å². The molecule has 1 aromatic heterocycles. The van der Waals surface area contributed by atoms with Crippen molar-refractivity contribution in [1.29, 1.82) is 5.41 Å². The molecule has 28 heavy (non-hydrogen) atoms. The van der Waals surface area contributed by atoms with E-state index in [1.807, 2.05) is 0 Å². The molecule has 2 aromatic rings. The van der Waals surface area contributed by atoms with Crippen molar-refractivity contribution in [3.63, 3.8) is 0 Å². The zero-order valence-corrected chi connectivity index (χ0v) is 15.1. The van der Waals surface area contributed by atoms with E-state index in [0.29, 0.717) is 23.1 Å². The van der Waals surface area contributed by atoms with Crippen molar-refractivity contribution in [2.24, 2.45) is 7.05 Å². The summed E-state index contributed by atoms with van der Waals surface area (Å²) in [5.41, 5.74) is -1.93. The van der Waals surface area contributed by atoms with E-state index in [2.05, 4.69) is 5.10 Å². The largest absolute Gasteiger partial charge is 0.416 e. The molecule has 0 spiro atoms. The summed E-state index contributed by atoms with van der Waals surface area (Å²) in [6, 6.07) is 3.32. The fourth-order valence-electron chi connectivity index (χ4n) is 3.13. The number of nitrogens with one attached hydrogen (secondary N) is 1. The Labute approximate surface area is 157 Å². The van der Waals surface area contributed by atoms with Crippen LogP contribution in [0.2, 0.25) is 0 Å². The first kappa shape index (κ1) is 20.2.